The van der Waals surface area contributed by atoms with E-state index in [2.05, 4.69) is 31.6 Å². The molecule has 2 aromatic rings. The van der Waals surface area contributed by atoms with E-state index in [0.29, 0.717) is 17.1 Å². The number of methoxy groups -OCH3 is 1. The molecule has 0 spiro atoms. The minimum Gasteiger partial charge on any atom is -0.493 e. The molecule has 2 N–H and O–H groups in total. The number of benzene rings is 2. The Kier molecular flexibility index (Phi) is 6.82. The second kappa shape index (κ2) is 9.07. The summed E-state index contributed by atoms with van der Waals surface area (Å²) in [7, 11) is 1.55. The molecule has 0 aliphatic heterocycles. The van der Waals surface area contributed by atoms with Crippen molar-refractivity contribution in [2.24, 2.45) is 0 Å². The molecule has 0 radical (unpaired) electrons. The van der Waals surface area contributed by atoms with Crippen LogP contribution in [0.1, 0.15) is 43.1 Å². The molecule has 27 heavy (non-hydrogen) atoms. The van der Waals surface area contributed by atoms with E-state index in [1.165, 1.54) is 0 Å². The lowest BCUT2D eigenvalue weighted by molar-refractivity contribution is -0.122. The molecule has 6 nitrogen and oxygen atoms in total. The molecule has 0 unspecified atom stereocenters. The predicted molar refractivity (Wildman–Crippen MR) is 104 cm³/mol. The second-order valence-electron chi connectivity index (χ2n) is 7.08. The molecule has 144 valence electrons. The van der Waals surface area contributed by atoms with Crippen molar-refractivity contribution in [1.29, 1.82) is 0 Å². The van der Waals surface area contributed by atoms with Crippen molar-refractivity contribution in [2.45, 2.75) is 32.6 Å². The molecule has 0 fully saturated rings. The number of ether oxygens (including phenoxy) is 2. The predicted octanol–water partition coefficient (Wildman–Crippen LogP) is 3.22. The number of carbonyl (C=O) groups is 2. The fourth-order valence-electron chi connectivity index (χ4n) is 2.37. The highest BCUT2D eigenvalue weighted by atomic mass is 16.5. The van der Waals surface area contributed by atoms with E-state index >= 15 is 0 Å². The van der Waals surface area contributed by atoms with Crippen molar-refractivity contribution in [3.8, 4) is 11.5 Å². The van der Waals surface area contributed by atoms with Gasteiger partial charge in [0.25, 0.3) is 5.91 Å². The third kappa shape index (κ3) is 6.02. The largest absolute Gasteiger partial charge is 0.493 e. The normalized spacial score (nSPS) is 10.8. The van der Waals surface area contributed by atoms with E-state index in [1.54, 1.807) is 31.4 Å². The summed E-state index contributed by atoms with van der Waals surface area (Å²) >= 11 is 0. The molecule has 6 heteroatoms. The first-order valence-electron chi connectivity index (χ1n) is 8.77. The van der Waals surface area contributed by atoms with Gasteiger partial charge in [-0.15, -0.1) is 0 Å². The molecule has 0 saturated heterocycles. The zero-order valence-corrected chi connectivity index (χ0v) is 16.2. The van der Waals surface area contributed by atoms with E-state index < -0.39 is 0 Å². The van der Waals surface area contributed by atoms with Crippen LogP contribution in [0.2, 0.25) is 0 Å². The summed E-state index contributed by atoms with van der Waals surface area (Å²) in [5, 5.41) is 0. The Labute approximate surface area is 159 Å². The maximum atomic E-state index is 12.1. The average molecular weight is 370 g/mol. The number of para-hydroxylation sites is 2. The van der Waals surface area contributed by atoms with Crippen LogP contribution in [0, 0.1) is 0 Å². The van der Waals surface area contributed by atoms with Crippen molar-refractivity contribution in [3.63, 3.8) is 0 Å². The van der Waals surface area contributed by atoms with Crippen LogP contribution < -0.4 is 20.3 Å². The van der Waals surface area contributed by atoms with E-state index in [0.717, 1.165) is 5.56 Å². The van der Waals surface area contributed by atoms with Crippen LogP contribution in [-0.4, -0.2) is 25.5 Å². The summed E-state index contributed by atoms with van der Waals surface area (Å²) in [5.41, 5.74) is 6.43. The molecule has 0 aromatic heterocycles. The van der Waals surface area contributed by atoms with Crippen LogP contribution in [-0.2, 0) is 10.2 Å². The van der Waals surface area contributed by atoms with Gasteiger partial charge in [-0.1, -0.05) is 45.0 Å². The molecule has 2 rings (SSSR count). The fraction of sp³-hybridized carbons (Fsp3) is 0.333. The van der Waals surface area contributed by atoms with Gasteiger partial charge >= 0.3 is 0 Å². The van der Waals surface area contributed by atoms with Crippen molar-refractivity contribution in [2.75, 3.05) is 13.7 Å². The summed E-state index contributed by atoms with van der Waals surface area (Å²) in [4.78, 5) is 24.0. The minimum atomic E-state index is -0.366. The maximum Gasteiger partial charge on any atom is 0.269 e. The second-order valence-corrected chi connectivity index (χ2v) is 7.08. The third-order valence-corrected chi connectivity index (χ3v) is 3.98. The SMILES string of the molecule is COc1ccccc1OCCC(=O)NNC(=O)c1ccc(C(C)(C)C)cc1. The van der Waals surface area contributed by atoms with Gasteiger partial charge in [0.05, 0.1) is 20.1 Å². The standard InChI is InChI=1S/C21H26N2O4/c1-21(2,3)16-11-9-15(10-12-16)20(25)23-22-19(24)13-14-27-18-8-6-5-7-17(18)26-4/h5-12H,13-14H2,1-4H3,(H,22,24)(H,23,25). The van der Waals surface area contributed by atoms with Crippen molar-refractivity contribution < 1.29 is 19.1 Å². The number of hydrogen-bond donors (Lipinski definition) is 2. The lowest BCUT2D eigenvalue weighted by Gasteiger charge is -2.19. The molecule has 0 atom stereocenters. The monoisotopic (exact) mass is 370 g/mol. The van der Waals surface area contributed by atoms with Crippen LogP contribution >= 0.6 is 0 Å². The van der Waals surface area contributed by atoms with Crippen molar-refractivity contribution in [1.82, 2.24) is 10.9 Å². The van der Waals surface area contributed by atoms with Gasteiger partial charge in [-0.2, -0.15) is 0 Å². The molecule has 2 aromatic carbocycles. The Morgan fingerprint density at radius 2 is 1.56 bits per heavy atom. The Morgan fingerprint density at radius 3 is 2.15 bits per heavy atom. The minimum absolute atomic E-state index is 0.0185. The molecule has 2 amide bonds. The zero-order valence-electron chi connectivity index (χ0n) is 16.2. The van der Waals surface area contributed by atoms with E-state index in [1.807, 2.05) is 24.3 Å². The molecular formula is C21H26N2O4. The number of amides is 2. The van der Waals surface area contributed by atoms with Gasteiger partial charge in [-0.3, -0.25) is 20.4 Å². The van der Waals surface area contributed by atoms with Gasteiger partial charge in [0.2, 0.25) is 5.91 Å². The Hall–Kier alpha value is -3.02. The summed E-state index contributed by atoms with van der Waals surface area (Å²) in [6.07, 6.45) is 0.0985. The number of hydrazine groups is 1. The van der Waals surface area contributed by atoms with E-state index in [4.69, 9.17) is 9.47 Å². The Balaban J connectivity index is 1.77. The van der Waals surface area contributed by atoms with Gasteiger partial charge in [0.15, 0.2) is 11.5 Å². The van der Waals surface area contributed by atoms with Crippen LogP contribution in [0.15, 0.2) is 48.5 Å². The van der Waals surface area contributed by atoms with Gasteiger partial charge in [-0.05, 0) is 35.2 Å². The van der Waals surface area contributed by atoms with Gasteiger partial charge < -0.3 is 9.47 Å². The topological polar surface area (TPSA) is 76.7 Å². The molecule has 0 saturated carbocycles. The first-order chi connectivity index (χ1) is 12.8. The summed E-state index contributed by atoms with van der Waals surface area (Å²) in [5.74, 6) is 0.458. The fourth-order valence-corrected chi connectivity index (χ4v) is 2.37. The average Bonchev–Trinajstić information content (AvgIpc) is 2.66. The lowest BCUT2D eigenvalue weighted by Crippen LogP contribution is -2.42. The van der Waals surface area contributed by atoms with Gasteiger partial charge in [0.1, 0.15) is 0 Å². The van der Waals surface area contributed by atoms with Crippen LogP contribution in [0.25, 0.3) is 0 Å². The highest BCUT2D eigenvalue weighted by Crippen LogP contribution is 2.25. The van der Waals surface area contributed by atoms with Gasteiger partial charge in [0, 0.05) is 5.56 Å². The van der Waals surface area contributed by atoms with Crippen LogP contribution in [0.5, 0.6) is 11.5 Å². The first kappa shape index (κ1) is 20.3. The first-order valence-corrected chi connectivity index (χ1v) is 8.77. The molecule has 0 bridgehead atoms. The number of nitrogens with one attached hydrogen (secondary N) is 2. The van der Waals surface area contributed by atoms with Crippen LogP contribution in [0.4, 0.5) is 0 Å². The van der Waals surface area contributed by atoms with Crippen molar-refractivity contribution >= 4 is 11.8 Å². The molecule has 0 heterocycles. The number of rotatable bonds is 6. The quantitative estimate of drug-likeness (QED) is 0.766. The summed E-state index contributed by atoms with van der Waals surface area (Å²) in [6.45, 7) is 6.49. The van der Waals surface area contributed by atoms with Gasteiger partial charge in [-0.25, -0.2) is 0 Å². The highest BCUT2D eigenvalue weighted by molar-refractivity contribution is 5.95. The summed E-state index contributed by atoms with van der Waals surface area (Å²) < 4.78 is 10.7. The lowest BCUT2D eigenvalue weighted by atomic mass is 9.87. The zero-order chi connectivity index (χ0) is 19.9. The highest BCUT2D eigenvalue weighted by Gasteiger charge is 2.14. The van der Waals surface area contributed by atoms with E-state index in [9.17, 15) is 9.59 Å². The van der Waals surface area contributed by atoms with E-state index in [-0.39, 0.29) is 30.3 Å². The molecule has 0 aliphatic carbocycles. The van der Waals surface area contributed by atoms with Crippen LogP contribution in [0.3, 0.4) is 0 Å². The maximum absolute atomic E-state index is 12.1. The molecule has 0 aliphatic rings. The smallest absolute Gasteiger partial charge is 0.269 e. The number of carbonyl (C=O) groups excluding carboxylic acids is 2. The number of hydrogen-bond acceptors (Lipinski definition) is 4. The molecular weight excluding hydrogens is 344 g/mol. The Bertz CT molecular complexity index is 780. The van der Waals surface area contributed by atoms with Crippen molar-refractivity contribution in [3.05, 3.63) is 59.7 Å². The third-order valence-electron chi connectivity index (χ3n) is 3.98. The summed E-state index contributed by atoms with van der Waals surface area (Å²) in [6, 6.07) is 14.5. The Morgan fingerprint density at radius 1 is 0.926 bits per heavy atom.